The first-order chi connectivity index (χ1) is 13.6. The lowest BCUT2D eigenvalue weighted by atomic mass is 10.1. The van der Waals surface area contributed by atoms with Crippen LogP contribution in [0.25, 0.3) is 6.08 Å². The second kappa shape index (κ2) is 9.89. The number of ether oxygens (including phenoxy) is 2. The molecule has 1 aromatic heterocycles. The van der Waals surface area contributed by atoms with Crippen molar-refractivity contribution in [2.24, 2.45) is 0 Å². The molecule has 28 heavy (non-hydrogen) atoms. The number of carbonyl (C=O) groups is 1. The third-order valence-corrected chi connectivity index (χ3v) is 6.16. The summed E-state index contributed by atoms with van der Waals surface area (Å²) in [6.07, 6.45) is 4.41. The molecule has 0 fully saturated rings. The van der Waals surface area contributed by atoms with E-state index in [1.54, 1.807) is 24.5 Å². The zero-order valence-corrected chi connectivity index (χ0v) is 18.8. The van der Waals surface area contributed by atoms with Crippen molar-refractivity contribution in [3.8, 4) is 11.5 Å². The quantitative estimate of drug-likeness (QED) is 0.202. The predicted octanol–water partition coefficient (Wildman–Crippen LogP) is 6.40. The molecule has 0 atom stereocenters. The molecule has 0 aliphatic rings. The van der Waals surface area contributed by atoms with Crippen molar-refractivity contribution in [2.45, 2.75) is 20.0 Å². The molecule has 0 aliphatic carbocycles. The number of ketones is 1. The Morgan fingerprint density at radius 1 is 1.11 bits per heavy atom. The minimum Gasteiger partial charge on any atom is -0.496 e. The van der Waals surface area contributed by atoms with E-state index in [1.165, 1.54) is 4.88 Å². The maximum Gasteiger partial charge on any atom is 0.195 e. The number of hydrogen-bond acceptors (Lipinski definition) is 4. The Kier molecular flexibility index (Phi) is 7.28. The highest BCUT2D eigenvalue weighted by Gasteiger charge is 2.07. The molecule has 3 aromatic rings. The van der Waals surface area contributed by atoms with Crippen LogP contribution in [0.1, 0.15) is 32.6 Å². The minimum atomic E-state index is 0.0252. The summed E-state index contributed by atoms with van der Waals surface area (Å²) in [6, 6.07) is 17.6. The van der Waals surface area contributed by atoms with Crippen molar-refractivity contribution in [1.29, 1.82) is 0 Å². The number of allylic oxidation sites excluding steroid dienone is 1. The summed E-state index contributed by atoms with van der Waals surface area (Å²) in [6.45, 7) is 2.48. The predicted molar refractivity (Wildman–Crippen MR) is 124 cm³/mol. The van der Waals surface area contributed by atoms with Crippen molar-refractivity contribution >= 4 is 45.8 Å². The largest absolute Gasteiger partial charge is 0.496 e. The summed E-state index contributed by atoms with van der Waals surface area (Å²) >= 11 is 3.81. The first-order valence-electron chi connectivity index (χ1n) is 8.95. The first-order valence-corrected chi connectivity index (χ1v) is 10.8. The Bertz CT molecular complexity index is 974. The molecule has 0 aliphatic heterocycles. The van der Waals surface area contributed by atoms with Gasteiger partial charge in [0.15, 0.2) is 5.78 Å². The lowest BCUT2D eigenvalue weighted by Gasteiger charge is -2.11. The standard InChI is InChI=1S/C23H21IO3S/c1-3-20-10-13-23(28-20)21(25)11-4-16-5-12-22(26-2)17(14-16)15-27-19-8-6-18(24)7-9-19/h4-14H,3,15H2,1-2H3/b11-4+. The van der Waals surface area contributed by atoms with Crippen LogP contribution < -0.4 is 9.47 Å². The molecule has 0 spiro atoms. The third-order valence-electron chi connectivity index (χ3n) is 4.19. The van der Waals surface area contributed by atoms with Crippen LogP contribution in [0, 0.1) is 3.57 Å². The molecule has 3 nitrogen and oxygen atoms in total. The van der Waals surface area contributed by atoms with Gasteiger partial charge in [-0.3, -0.25) is 4.79 Å². The molecule has 0 saturated carbocycles. The number of carbonyl (C=O) groups excluding carboxylic acids is 1. The maximum atomic E-state index is 12.4. The number of methoxy groups -OCH3 is 1. The molecule has 0 saturated heterocycles. The second-order valence-electron chi connectivity index (χ2n) is 6.13. The van der Waals surface area contributed by atoms with Crippen LogP contribution in [0.3, 0.4) is 0 Å². The molecular formula is C23H21IO3S. The van der Waals surface area contributed by atoms with Gasteiger partial charge in [0.25, 0.3) is 0 Å². The highest BCUT2D eigenvalue weighted by Crippen LogP contribution is 2.24. The number of rotatable bonds is 8. The van der Waals surface area contributed by atoms with Gasteiger partial charge in [-0.05, 0) is 89.2 Å². The number of thiophene rings is 1. The van der Waals surface area contributed by atoms with Crippen LogP contribution in [0.5, 0.6) is 11.5 Å². The van der Waals surface area contributed by atoms with Crippen molar-refractivity contribution < 1.29 is 14.3 Å². The van der Waals surface area contributed by atoms with Gasteiger partial charge >= 0.3 is 0 Å². The van der Waals surface area contributed by atoms with E-state index in [-0.39, 0.29) is 5.78 Å². The number of halogens is 1. The Labute approximate surface area is 183 Å². The van der Waals surface area contributed by atoms with Gasteiger partial charge in [0.1, 0.15) is 18.1 Å². The van der Waals surface area contributed by atoms with Crippen LogP contribution in [0.4, 0.5) is 0 Å². The molecule has 3 rings (SSSR count). The van der Waals surface area contributed by atoms with Crippen LogP contribution in [0.15, 0.2) is 60.7 Å². The molecule has 2 aromatic carbocycles. The fourth-order valence-corrected chi connectivity index (χ4v) is 3.89. The summed E-state index contributed by atoms with van der Waals surface area (Å²) in [5.74, 6) is 1.60. The SMILES string of the molecule is CCc1ccc(C(=O)/C=C/c2ccc(OC)c(COc3ccc(I)cc3)c2)s1. The summed E-state index contributed by atoms with van der Waals surface area (Å²) in [7, 11) is 1.64. The van der Waals surface area contributed by atoms with Crippen molar-refractivity contribution in [2.75, 3.05) is 7.11 Å². The number of aryl methyl sites for hydroxylation is 1. The van der Waals surface area contributed by atoms with E-state index >= 15 is 0 Å². The molecule has 144 valence electrons. The highest BCUT2D eigenvalue weighted by atomic mass is 127. The molecular weight excluding hydrogens is 483 g/mol. The van der Waals surface area contributed by atoms with E-state index in [1.807, 2.05) is 60.7 Å². The maximum absolute atomic E-state index is 12.4. The van der Waals surface area contributed by atoms with E-state index < -0.39 is 0 Å². The Morgan fingerprint density at radius 3 is 2.57 bits per heavy atom. The van der Waals surface area contributed by atoms with Gasteiger partial charge in [-0.2, -0.15) is 0 Å². The highest BCUT2D eigenvalue weighted by molar-refractivity contribution is 14.1. The lowest BCUT2D eigenvalue weighted by molar-refractivity contribution is 0.105. The zero-order chi connectivity index (χ0) is 19.9. The third kappa shape index (κ3) is 5.45. The topological polar surface area (TPSA) is 35.5 Å². The zero-order valence-electron chi connectivity index (χ0n) is 15.8. The van der Waals surface area contributed by atoms with Crippen LogP contribution in [-0.4, -0.2) is 12.9 Å². The average molecular weight is 504 g/mol. The van der Waals surface area contributed by atoms with Gasteiger partial charge < -0.3 is 9.47 Å². The summed E-state index contributed by atoms with van der Waals surface area (Å²) in [4.78, 5) is 14.4. The van der Waals surface area contributed by atoms with Gasteiger partial charge in [0, 0.05) is 14.0 Å². The van der Waals surface area contributed by atoms with E-state index in [2.05, 4.69) is 29.5 Å². The van der Waals surface area contributed by atoms with Crippen LogP contribution >= 0.6 is 33.9 Å². The number of benzene rings is 2. The number of hydrogen-bond donors (Lipinski definition) is 0. The minimum absolute atomic E-state index is 0.0252. The normalized spacial score (nSPS) is 11.0. The first kappa shape index (κ1) is 20.6. The molecule has 1 heterocycles. The van der Waals surface area contributed by atoms with Gasteiger partial charge in [-0.25, -0.2) is 0 Å². The molecule has 5 heteroatoms. The molecule has 0 bridgehead atoms. The fraction of sp³-hybridized carbons (Fsp3) is 0.174. The van der Waals surface area contributed by atoms with E-state index in [0.717, 1.165) is 37.5 Å². The van der Waals surface area contributed by atoms with Crippen LogP contribution in [-0.2, 0) is 13.0 Å². The van der Waals surface area contributed by atoms with Crippen molar-refractivity contribution in [3.63, 3.8) is 0 Å². The Morgan fingerprint density at radius 2 is 1.89 bits per heavy atom. The summed E-state index contributed by atoms with van der Waals surface area (Å²) < 4.78 is 12.5. The molecule has 0 amide bonds. The Hall–Kier alpha value is -2.12. The molecule has 0 radical (unpaired) electrons. The summed E-state index contributed by atoms with van der Waals surface area (Å²) in [5, 5.41) is 0. The fourth-order valence-electron chi connectivity index (χ4n) is 2.66. The van der Waals surface area contributed by atoms with Crippen LogP contribution in [0.2, 0.25) is 0 Å². The smallest absolute Gasteiger partial charge is 0.195 e. The van der Waals surface area contributed by atoms with Crippen molar-refractivity contribution in [1.82, 2.24) is 0 Å². The van der Waals surface area contributed by atoms with Gasteiger partial charge in [-0.1, -0.05) is 19.1 Å². The average Bonchev–Trinajstić information content (AvgIpc) is 3.21. The lowest BCUT2D eigenvalue weighted by Crippen LogP contribution is -1.99. The second-order valence-corrected chi connectivity index (χ2v) is 8.54. The van der Waals surface area contributed by atoms with E-state index in [4.69, 9.17) is 9.47 Å². The van der Waals surface area contributed by atoms with E-state index in [0.29, 0.717) is 6.61 Å². The molecule has 0 unspecified atom stereocenters. The van der Waals surface area contributed by atoms with Crippen molar-refractivity contribution in [3.05, 3.63) is 85.1 Å². The van der Waals surface area contributed by atoms with Gasteiger partial charge in [0.2, 0.25) is 0 Å². The van der Waals surface area contributed by atoms with Gasteiger partial charge in [0.05, 0.1) is 12.0 Å². The van der Waals surface area contributed by atoms with E-state index in [9.17, 15) is 4.79 Å². The summed E-state index contributed by atoms with van der Waals surface area (Å²) in [5.41, 5.74) is 1.86. The van der Waals surface area contributed by atoms with Gasteiger partial charge in [-0.15, -0.1) is 11.3 Å². The monoisotopic (exact) mass is 504 g/mol. The Balaban J connectivity index is 1.72. The molecule has 0 N–H and O–H groups in total.